The van der Waals surface area contributed by atoms with Crippen molar-refractivity contribution in [2.45, 2.75) is 39.9 Å². The fourth-order valence-corrected chi connectivity index (χ4v) is 2.50. The highest BCUT2D eigenvalue weighted by molar-refractivity contribution is 5.59. The molecular formula is C19H27N3O3. The number of nitrogens with zero attached hydrogens (tertiary/aromatic N) is 2. The Morgan fingerprint density at radius 2 is 1.80 bits per heavy atom. The van der Waals surface area contributed by atoms with E-state index >= 15 is 0 Å². The van der Waals surface area contributed by atoms with E-state index in [-0.39, 0.29) is 25.3 Å². The Kier molecular flexibility index (Phi) is 6.87. The summed E-state index contributed by atoms with van der Waals surface area (Å²) < 4.78 is 1.50. The lowest BCUT2D eigenvalue weighted by Gasteiger charge is -2.16. The molecule has 0 aliphatic heterocycles. The monoisotopic (exact) mass is 345 g/mol. The third-order valence-corrected chi connectivity index (χ3v) is 3.96. The minimum Gasteiger partial charge on any atom is -0.395 e. The lowest BCUT2D eigenvalue weighted by atomic mass is 10.1. The van der Waals surface area contributed by atoms with Gasteiger partial charge in [0.2, 0.25) is 0 Å². The highest BCUT2D eigenvalue weighted by Crippen LogP contribution is 2.17. The van der Waals surface area contributed by atoms with E-state index in [4.69, 9.17) is 0 Å². The molecule has 1 heterocycles. The third kappa shape index (κ3) is 5.22. The molecule has 136 valence electrons. The summed E-state index contributed by atoms with van der Waals surface area (Å²) in [5, 5.41) is 25.9. The van der Waals surface area contributed by atoms with Crippen molar-refractivity contribution >= 4 is 0 Å². The summed E-state index contributed by atoms with van der Waals surface area (Å²) in [4.78, 5) is 12.7. The van der Waals surface area contributed by atoms with Gasteiger partial charge in [-0.25, -0.2) is 4.68 Å². The molecule has 0 saturated heterocycles. The SMILES string of the molecule is Cc1ccc(-c2cc(CNC(CO)CO)c(=O)n(CC(C)C)n2)cc1. The van der Waals surface area contributed by atoms with Crippen LogP contribution >= 0.6 is 0 Å². The van der Waals surface area contributed by atoms with Gasteiger partial charge < -0.3 is 15.5 Å². The van der Waals surface area contributed by atoms with Crippen LogP contribution in [0.1, 0.15) is 25.0 Å². The first-order valence-corrected chi connectivity index (χ1v) is 8.57. The zero-order valence-corrected chi connectivity index (χ0v) is 15.1. The molecule has 0 amide bonds. The summed E-state index contributed by atoms with van der Waals surface area (Å²) in [6.45, 7) is 6.53. The lowest BCUT2D eigenvalue weighted by Crippen LogP contribution is -2.38. The van der Waals surface area contributed by atoms with Gasteiger partial charge in [0.1, 0.15) is 0 Å². The molecule has 0 aliphatic rings. The van der Waals surface area contributed by atoms with Crippen molar-refractivity contribution in [3.63, 3.8) is 0 Å². The zero-order chi connectivity index (χ0) is 18.4. The van der Waals surface area contributed by atoms with Crippen molar-refractivity contribution < 1.29 is 10.2 Å². The quantitative estimate of drug-likeness (QED) is 0.672. The Hall–Kier alpha value is -2.02. The van der Waals surface area contributed by atoms with E-state index in [1.807, 2.05) is 45.0 Å². The van der Waals surface area contributed by atoms with Gasteiger partial charge in [-0.1, -0.05) is 43.7 Å². The number of hydrogen-bond donors (Lipinski definition) is 3. The first-order valence-electron chi connectivity index (χ1n) is 8.57. The highest BCUT2D eigenvalue weighted by Gasteiger charge is 2.13. The van der Waals surface area contributed by atoms with Crippen LogP contribution in [0.2, 0.25) is 0 Å². The predicted molar refractivity (Wildman–Crippen MR) is 98.3 cm³/mol. The summed E-state index contributed by atoms with van der Waals surface area (Å²) >= 11 is 0. The lowest BCUT2D eigenvalue weighted by molar-refractivity contribution is 0.170. The van der Waals surface area contributed by atoms with Gasteiger partial charge in [0.25, 0.3) is 5.56 Å². The molecule has 0 saturated carbocycles. The van der Waals surface area contributed by atoms with Gasteiger partial charge in [-0.2, -0.15) is 5.10 Å². The van der Waals surface area contributed by atoms with E-state index < -0.39 is 6.04 Å². The van der Waals surface area contributed by atoms with Crippen molar-refractivity contribution in [3.8, 4) is 11.3 Å². The number of aromatic nitrogens is 2. The maximum absolute atomic E-state index is 12.7. The van der Waals surface area contributed by atoms with Crippen LogP contribution in [0.25, 0.3) is 11.3 Å². The van der Waals surface area contributed by atoms with Gasteiger partial charge in [-0.3, -0.25) is 4.79 Å². The number of nitrogens with one attached hydrogen (secondary N) is 1. The van der Waals surface area contributed by atoms with Gasteiger partial charge >= 0.3 is 0 Å². The number of aryl methyl sites for hydroxylation is 1. The standard InChI is InChI=1S/C19H27N3O3/c1-13(2)10-22-19(25)16(9-20-17(11-23)12-24)8-18(21-22)15-6-4-14(3)5-7-15/h4-8,13,17,20,23-24H,9-12H2,1-3H3. The first kappa shape index (κ1) is 19.3. The first-order chi connectivity index (χ1) is 11.9. The molecule has 6 heteroatoms. The van der Waals surface area contributed by atoms with Gasteiger partial charge in [-0.05, 0) is 18.9 Å². The largest absolute Gasteiger partial charge is 0.395 e. The molecule has 0 radical (unpaired) electrons. The molecule has 1 aromatic heterocycles. The summed E-state index contributed by atoms with van der Waals surface area (Å²) in [7, 11) is 0. The Labute approximate surface area is 148 Å². The molecule has 0 fully saturated rings. The van der Waals surface area contributed by atoms with Crippen molar-refractivity contribution in [3.05, 3.63) is 51.8 Å². The Morgan fingerprint density at radius 3 is 2.36 bits per heavy atom. The summed E-state index contributed by atoms with van der Waals surface area (Å²) in [6, 6.07) is 9.34. The number of rotatable bonds is 8. The molecule has 6 nitrogen and oxygen atoms in total. The molecule has 0 spiro atoms. The number of aliphatic hydroxyl groups excluding tert-OH is 2. The van der Waals surface area contributed by atoms with E-state index in [1.165, 1.54) is 4.68 Å². The smallest absolute Gasteiger partial charge is 0.271 e. The molecule has 0 bridgehead atoms. The van der Waals surface area contributed by atoms with Crippen LogP contribution in [-0.2, 0) is 13.1 Å². The summed E-state index contributed by atoms with van der Waals surface area (Å²) in [5.41, 5.74) is 3.27. The van der Waals surface area contributed by atoms with Crippen LogP contribution in [0, 0.1) is 12.8 Å². The maximum atomic E-state index is 12.7. The van der Waals surface area contributed by atoms with Gasteiger partial charge in [0.15, 0.2) is 0 Å². The van der Waals surface area contributed by atoms with Gasteiger partial charge in [0, 0.05) is 24.2 Å². The van der Waals surface area contributed by atoms with Crippen LogP contribution in [0.4, 0.5) is 0 Å². The fraction of sp³-hybridized carbons (Fsp3) is 0.474. The summed E-state index contributed by atoms with van der Waals surface area (Å²) in [5.74, 6) is 0.293. The van der Waals surface area contributed by atoms with E-state index in [9.17, 15) is 15.0 Å². The maximum Gasteiger partial charge on any atom is 0.271 e. The fourth-order valence-electron chi connectivity index (χ4n) is 2.50. The zero-order valence-electron chi connectivity index (χ0n) is 15.1. The predicted octanol–water partition coefficient (Wildman–Crippen LogP) is 1.32. The van der Waals surface area contributed by atoms with Crippen LogP contribution < -0.4 is 10.9 Å². The molecular weight excluding hydrogens is 318 g/mol. The molecule has 2 rings (SSSR count). The molecule has 0 atom stereocenters. The van der Waals surface area contributed by atoms with Gasteiger partial charge in [-0.15, -0.1) is 0 Å². The normalized spacial score (nSPS) is 11.5. The molecule has 0 aliphatic carbocycles. The third-order valence-electron chi connectivity index (χ3n) is 3.96. The topological polar surface area (TPSA) is 87.4 Å². The number of benzene rings is 1. The molecule has 1 aromatic carbocycles. The molecule has 2 aromatic rings. The van der Waals surface area contributed by atoms with Crippen molar-refractivity contribution in [1.82, 2.24) is 15.1 Å². The molecule has 25 heavy (non-hydrogen) atoms. The average molecular weight is 345 g/mol. The number of aliphatic hydroxyl groups is 2. The van der Waals surface area contributed by atoms with Gasteiger partial charge in [0.05, 0.1) is 24.9 Å². The number of hydrogen-bond acceptors (Lipinski definition) is 5. The van der Waals surface area contributed by atoms with E-state index in [0.29, 0.717) is 18.0 Å². The Morgan fingerprint density at radius 1 is 1.16 bits per heavy atom. The minimum atomic E-state index is -0.450. The summed E-state index contributed by atoms with van der Waals surface area (Å²) in [6.07, 6.45) is 0. The van der Waals surface area contributed by atoms with E-state index in [2.05, 4.69) is 10.4 Å². The minimum absolute atomic E-state index is 0.147. The van der Waals surface area contributed by atoms with Crippen LogP contribution in [0.15, 0.2) is 35.1 Å². The molecule has 0 unspecified atom stereocenters. The Bertz CT molecular complexity index is 735. The van der Waals surface area contributed by atoms with Crippen LogP contribution in [0.3, 0.4) is 0 Å². The van der Waals surface area contributed by atoms with E-state index in [1.54, 1.807) is 6.07 Å². The van der Waals surface area contributed by atoms with Crippen LogP contribution in [0.5, 0.6) is 0 Å². The molecule has 3 N–H and O–H groups in total. The Balaban J connectivity index is 2.40. The highest BCUT2D eigenvalue weighted by atomic mass is 16.3. The van der Waals surface area contributed by atoms with Crippen molar-refractivity contribution in [2.75, 3.05) is 13.2 Å². The second-order valence-corrected chi connectivity index (χ2v) is 6.74. The van der Waals surface area contributed by atoms with Crippen LogP contribution in [-0.4, -0.2) is 39.2 Å². The second-order valence-electron chi connectivity index (χ2n) is 6.74. The second kappa shape index (κ2) is 8.89. The van der Waals surface area contributed by atoms with Crippen molar-refractivity contribution in [1.29, 1.82) is 0 Å². The average Bonchev–Trinajstić information content (AvgIpc) is 2.59. The van der Waals surface area contributed by atoms with E-state index in [0.717, 1.165) is 16.8 Å². The van der Waals surface area contributed by atoms with Crippen molar-refractivity contribution in [2.24, 2.45) is 5.92 Å².